The molecule has 1 N–H and O–H groups in total. The van der Waals surface area contributed by atoms with Gasteiger partial charge in [0.1, 0.15) is 11.5 Å². The van der Waals surface area contributed by atoms with E-state index in [-0.39, 0.29) is 12.5 Å². The number of thiophene rings is 1. The van der Waals surface area contributed by atoms with Crippen LogP contribution in [-0.2, 0) is 9.63 Å². The van der Waals surface area contributed by atoms with Crippen LogP contribution in [-0.4, -0.2) is 24.4 Å². The Hall–Kier alpha value is -4.49. The van der Waals surface area contributed by atoms with Gasteiger partial charge in [0.05, 0.1) is 16.8 Å². The van der Waals surface area contributed by atoms with Crippen LogP contribution >= 0.6 is 11.3 Å². The molecule has 0 radical (unpaired) electrons. The molecule has 1 aliphatic rings. The second-order valence-corrected chi connectivity index (χ2v) is 9.30. The maximum Gasteiger partial charge on any atom is 0.280 e. The first-order valence-corrected chi connectivity index (χ1v) is 12.7. The Labute approximate surface area is 219 Å². The van der Waals surface area contributed by atoms with Crippen LogP contribution in [0.5, 0.6) is 5.75 Å². The molecule has 1 aliphatic heterocycles. The SMILES string of the molecule is CC(=NOCC(=O)NN=CC1=C(c2ccccc2)Oc2ccccc2C1c1ccccc1)c1cccs1. The molecule has 37 heavy (non-hydrogen) atoms. The van der Waals surface area contributed by atoms with Gasteiger partial charge < -0.3 is 9.57 Å². The number of allylic oxidation sites excluding steroid dienone is 1. The van der Waals surface area contributed by atoms with Crippen molar-refractivity contribution in [3.05, 3.63) is 130 Å². The fourth-order valence-corrected chi connectivity index (χ4v) is 4.82. The number of carbonyl (C=O) groups excluding carboxylic acids is 1. The van der Waals surface area contributed by atoms with Crippen LogP contribution < -0.4 is 10.2 Å². The second kappa shape index (κ2) is 11.5. The standard InChI is InChI=1S/C30H25N3O3S/c1-21(27-17-10-18-37-27)33-35-20-28(34)32-31-19-25-29(22-11-4-2-5-12-22)24-15-8-9-16-26(24)36-30(25)23-13-6-3-7-14-23/h2-19,29H,20H2,1H3,(H,32,34). The topological polar surface area (TPSA) is 72.3 Å². The minimum atomic E-state index is -0.408. The molecule has 1 atom stereocenters. The summed E-state index contributed by atoms with van der Waals surface area (Å²) in [5.41, 5.74) is 7.16. The zero-order valence-corrected chi connectivity index (χ0v) is 21.0. The van der Waals surface area contributed by atoms with Crippen molar-refractivity contribution in [2.24, 2.45) is 10.3 Å². The molecule has 1 unspecified atom stereocenters. The van der Waals surface area contributed by atoms with Crippen LogP contribution in [0.25, 0.3) is 5.76 Å². The maximum atomic E-state index is 12.4. The number of benzene rings is 3. The van der Waals surface area contributed by atoms with Crippen molar-refractivity contribution in [1.29, 1.82) is 0 Å². The summed E-state index contributed by atoms with van der Waals surface area (Å²) in [5, 5.41) is 10.3. The molecule has 4 aromatic rings. The van der Waals surface area contributed by atoms with E-state index in [2.05, 4.69) is 33.9 Å². The van der Waals surface area contributed by atoms with E-state index >= 15 is 0 Å². The number of ether oxygens (including phenoxy) is 1. The first kappa shape index (κ1) is 24.2. The van der Waals surface area contributed by atoms with Crippen molar-refractivity contribution in [3.63, 3.8) is 0 Å². The molecule has 0 saturated heterocycles. The summed E-state index contributed by atoms with van der Waals surface area (Å²) in [6.07, 6.45) is 1.66. The minimum absolute atomic E-state index is 0.128. The van der Waals surface area contributed by atoms with Gasteiger partial charge in [-0.05, 0) is 30.0 Å². The molecule has 3 aromatic carbocycles. The second-order valence-electron chi connectivity index (χ2n) is 8.35. The summed E-state index contributed by atoms with van der Waals surface area (Å²) in [5.74, 6) is 0.952. The highest BCUT2D eigenvalue weighted by atomic mass is 32.1. The molecule has 6 nitrogen and oxygen atoms in total. The monoisotopic (exact) mass is 507 g/mol. The first-order valence-electron chi connectivity index (χ1n) is 11.8. The van der Waals surface area contributed by atoms with Gasteiger partial charge in [-0.3, -0.25) is 4.79 Å². The van der Waals surface area contributed by atoms with Gasteiger partial charge in [0.15, 0.2) is 6.61 Å². The van der Waals surface area contributed by atoms with Gasteiger partial charge in [0.25, 0.3) is 5.91 Å². The summed E-state index contributed by atoms with van der Waals surface area (Å²) in [6, 6.07) is 32.0. The lowest BCUT2D eigenvalue weighted by Gasteiger charge is -2.29. The highest BCUT2D eigenvalue weighted by Gasteiger charge is 2.30. The van der Waals surface area contributed by atoms with Crippen molar-refractivity contribution in [1.82, 2.24) is 5.43 Å². The van der Waals surface area contributed by atoms with E-state index in [4.69, 9.17) is 9.57 Å². The summed E-state index contributed by atoms with van der Waals surface area (Å²) in [7, 11) is 0. The summed E-state index contributed by atoms with van der Waals surface area (Å²) in [6.45, 7) is 1.59. The molecular weight excluding hydrogens is 482 g/mol. The number of hydrogen-bond acceptors (Lipinski definition) is 6. The van der Waals surface area contributed by atoms with Crippen LogP contribution in [0.3, 0.4) is 0 Å². The number of hydrazone groups is 1. The molecule has 0 aliphatic carbocycles. The number of hydrogen-bond donors (Lipinski definition) is 1. The van der Waals surface area contributed by atoms with Crippen molar-refractivity contribution >= 4 is 34.9 Å². The number of nitrogens with zero attached hydrogens (tertiary/aromatic N) is 2. The first-order chi connectivity index (χ1) is 18.2. The molecule has 0 saturated carbocycles. The molecule has 1 amide bonds. The van der Waals surface area contributed by atoms with Gasteiger partial charge in [0, 0.05) is 22.6 Å². The predicted molar refractivity (Wildman–Crippen MR) is 148 cm³/mol. The molecule has 1 aromatic heterocycles. The molecular formula is C30H25N3O3S. The van der Waals surface area contributed by atoms with Crippen LogP contribution in [0.2, 0.25) is 0 Å². The average molecular weight is 508 g/mol. The average Bonchev–Trinajstić information content (AvgIpc) is 3.49. The van der Waals surface area contributed by atoms with Crippen molar-refractivity contribution in [3.8, 4) is 5.75 Å². The fourth-order valence-electron chi connectivity index (χ4n) is 4.16. The summed E-state index contributed by atoms with van der Waals surface area (Å²) < 4.78 is 6.40. The zero-order chi connectivity index (χ0) is 25.5. The van der Waals surface area contributed by atoms with Crippen LogP contribution in [0, 0.1) is 0 Å². The molecule has 0 spiro atoms. The van der Waals surface area contributed by atoms with E-state index in [1.165, 1.54) is 0 Å². The Morgan fingerprint density at radius 1 is 0.973 bits per heavy atom. The number of fused-ring (bicyclic) bond motifs is 1. The molecule has 2 heterocycles. The lowest BCUT2D eigenvalue weighted by molar-refractivity contribution is -0.125. The van der Waals surface area contributed by atoms with Gasteiger partial charge in [-0.15, -0.1) is 11.3 Å². The summed E-state index contributed by atoms with van der Waals surface area (Å²) in [4.78, 5) is 18.6. The van der Waals surface area contributed by atoms with E-state index in [0.717, 1.165) is 32.9 Å². The van der Waals surface area contributed by atoms with Crippen molar-refractivity contribution in [2.75, 3.05) is 6.61 Å². The Morgan fingerprint density at radius 2 is 1.70 bits per heavy atom. The lowest BCUT2D eigenvalue weighted by Crippen LogP contribution is -2.23. The third-order valence-corrected chi connectivity index (χ3v) is 6.83. The Balaban J connectivity index is 1.41. The molecule has 7 heteroatoms. The van der Waals surface area contributed by atoms with Crippen LogP contribution in [0.15, 0.2) is 118 Å². The van der Waals surface area contributed by atoms with E-state index in [1.54, 1.807) is 17.6 Å². The van der Waals surface area contributed by atoms with Gasteiger partial charge >= 0.3 is 0 Å². The lowest BCUT2D eigenvalue weighted by atomic mass is 9.82. The van der Waals surface area contributed by atoms with Crippen molar-refractivity contribution < 1.29 is 14.4 Å². The maximum absolute atomic E-state index is 12.4. The number of carbonyl (C=O) groups is 1. The van der Waals surface area contributed by atoms with E-state index in [0.29, 0.717) is 11.5 Å². The Morgan fingerprint density at radius 3 is 2.46 bits per heavy atom. The molecule has 0 bridgehead atoms. The predicted octanol–water partition coefficient (Wildman–Crippen LogP) is 6.23. The third-order valence-electron chi connectivity index (χ3n) is 5.85. The molecule has 0 fully saturated rings. The third kappa shape index (κ3) is 5.68. The van der Waals surface area contributed by atoms with E-state index in [1.807, 2.05) is 91.2 Å². The highest BCUT2D eigenvalue weighted by Crippen LogP contribution is 2.44. The van der Waals surface area contributed by atoms with Crippen LogP contribution in [0.1, 0.15) is 34.4 Å². The van der Waals surface area contributed by atoms with E-state index in [9.17, 15) is 4.79 Å². The van der Waals surface area contributed by atoms with Gasteiger partial charge in [-0.1, -0.05) is 90.1 Å². The van der Waals surface area contributed by atoms with E-state index < -0.39 is 5.91 Å². The van der Waals surface area contributed by atoms with Crippen LogP contribution in [0.4, 0.5) is 0 Å². The number of amides is 1. The number of oxime groups is 1. The highest BCUT2D eigenvalue weighted by molar-refractivity contribution is 7.12. The van der Waals surface area contributed by atoms with Gasteiger partial charge in [-0.25, -0.2) is 5.43 Å². The van der Waals surface area contributed by atoms with Gasteiger partial charge in [0.2, 0.25) is 0 Å². The Bertz CT molecular complexity index is 1450. The zero-order valence-electron chi connectivity index (χ0n) is 20.2. The summed E-state index contributed by atoms with van der Waals surface area (Å²) >= 11 is 1.56. The Kier molecular flexibility index (Phi) is 7.52. The van der Waals surface area contributed by atoms with Gasteiger partial charge in [-0.2, -0.15) is 5.10 Å². The molecule has 184 valence electrons. The fraction of sp³-hybridized carbons (Fsp3) is 0.100. The smallest absolute Gasteiger partial charge is 0.280 e. The molecule has 5 rings (SSSR count). The largest absolute Gasteiger partial charge is 0.456 e. The normalized spacial score (nSPS) is 15.3. The number of nitrogens with one attached hydrogen (secondary N) is 1. The van der Waals surface area contributed by atoms with Crippen molar-refractivity contribution in [2.45, 2.75) is 12.8 Å². The minimum Gasteiger partial charge on any atom is -0.456 e. The number of rotatable bonds is 8. The number of para-hydroxylation sites is 1. The quantitative estimate of drug-likeness (QED) is 0.227.